The van der Waals surface area contributed by atoms with E-state index in [0.29, 0.717) is 31.0 Å². The van der Waals surface area contributed by atoms with E-state index in [4.69, 9.17) is 0 Å². The van der Waals surface area contributed by atoms with E-state index in [1.807, 2.05) is 33.9 Å². The van der Waals surface area contributed by atoms with Crippen molar-refractivity contribution >= 4 is 17.5 Å². The second kappa shape index (κ2) is 9.32. The first-order chi connectivity index (χ1) is 16.5. The molecule has 8 nitrogen and oxygen atoms in total. The standard InChI is InChI=1S/C25H30FN7O/c1-25(19-7-3-2-4-8-19)16-23(32-13-5-9-20(26)17-32)33-22(29-25)15-21(30-33)24(34)28-10-6-12-31-14-11-27-18-31/h2-4,7-8,11,14-16,18,20,29H,5-6,9-10,12-13,17H2,1H3,(H,28,34). The fraction of sp³-hybridized carbons (Fsp3) is 0.400. The molecule has 2 aliphatic rings. The molecule has 0 spiro atoms. The molecule has 4 heterocycles. The number of nitrogens with one attached hydrogen (secondary N) is 2. The Morgan fingerprint density at radius 1 is 1.32 bits per heavy atom. The van der Waals surface area contributed by atoms with Crippen LogP contribution in [0, 0.1) is 0 Å². The van der Waals surface area contributed by atoms with Crippen molar-refractivity contribution in [1.82, 2.24) is 29.5 Å². The lowest BCUT2D eigenvalue weighted by atomic mass is 9.90. The number of hydrogen-bond donors (Lipinski definition) is 2. The van der Waals surface area contributed by atoms with Gasteiger partial charge in [0.15, 0.2) is 5.69 Å². The van der Waals surface area contributed by atoms with Gasteiger partial charge in [-0.15, -0.1) is 0 Å². The molecule has 5 rings (SSSR count). The normalized spacial score (nSPS) is 22.0. The number of rotatable bonds is 7. The molecule has 2 atom stereocenters. The van der Waals surface area contributed by atoms with Gasteiger partial charge >= 0.3 is 0 Å². The van der Waals surface area contributed by atoms with Crippen LogP contribution in [-0.4, -0.2) is 55.9 Å². The van der Waals surface area contributed by atoms with Crippen molar-refractivity contribution in [1.29, 1.82) is 0 Å². The average Bonchev–Trinajstić information content (AvgIpc) is 3.52. The summed E-state index contributed by atoms with van der Waals surface area (Å²) in [4.78, 5) is 18.9. The van der Waals surface area contributed by atoms with Crippen LogP contribution in [0.5, 0.6) is 0 Å². The van der Waals surface area contributed by atoms with Gasteiger partial charge in [0.2, 0.25) is 0 Å². The number of hydrogen-bond acceptors (Lipinski definition) is 5. The summed E-state index contributed by atoms with van der Waals surface area (Å²) in [5.41, 5.74) is 0.899. The zero-order valence-corrected chi connectivity index (χ0v) is 19.3. The molecule has 178 valence electrons. The van der Waals surface area contributed by atoms with E-state index >= 15 is 0 Å². The lowest BCUT2D eigenvalue weighted by molar-refractivity contribution is 0.0947. The summed E-state index contributed by atoms with van der Waals surface area (Å²) in [6.45, 7) is 4.49. The fourth-order valence-corrected chi connectivity index (χ4v) is 4.65. The highest BCUT2D eigenvalue weighted by molar-refractivity contribution is 5.93. The maximum Gasteiger partial charge on any atom is 0.271 e. The molecule has 1 amide bonds. The zero-order valence-electron chi connectivity index (χ0n) is 19.3. The van der Waals surface area contributed by atoms with E-state index in [1.54, 1.807) is 23.3 Å². The van der Waals surface area contributed by atoms with Crippen LogP contribution in [0.4, 0.5) is 10.2 Å². The number of imidazole rings is 1. The molecule has 34 heavy (non-hydrogen) atoms. The number of piperidine rings is 1. The highest BCUT2D eigenvalue weighted by Crippen LogP contribution is 2.37. The Morgan fingerprint density at radius 2 is 2.18 bits per heavy atom. The van der Waals surface area contributed by atoms with E-state index in [-0.39, 0.29) is 5.91 Å². The second-order valence-corrected chi connectivity index (χ2v) is 9.12. The van der Waals surface area contributed by atoms with E-state index < -0.39 is 11.7 Å². The summed E-state index contributed by atoms with van der Waals surface area (Å²) in [5.74, 6) is 1.30. The van der Waals surface area contributed by atoms with Crippen LogP contribution >= 0.6 is 0 Å². The van der Waals surface area contributed by atoms with E-state index in [0.717, 1.165) is 37.3 Å². The third kappa shape index (κ3) is 4.55. The summed E-state index contributed by atoms with van der Waals surface area (Å²) in [7, 11) is 0. The molecule has 1 saturated heterocycles. The molecule has 0 bridgehead atoms. The molecule has 1 aromatic carbocycles. The molecule has 2 N–H and O–H groups in total. The van der Waals surface area contributed by atoms with Gasteiger partial charge in [0.25, 0.3) is 5.91 Å². The third-order valence-electron chi connectivity index (χ3n) is 6.46. The molecule has 1 fully saturated rings. The molecule has 0 radical (unpaired) electrons. The van der Waals surface area contributed by atoms with Gasteiger partial charge in [0.1, 0.15) is 17.8 Å². The van der Waals surface area contributed by atoms with Crippen LogP contribution in [0.3, 0.4) is 0 Å². The number of aromatic nitrogens is 4. The summed E-state index contributed by atoms with van der Waals surface area (Å²) in [5, 5.41) is 11.1. The predicted octanol–water partition coefficient (Wildman–Crippen LogP) is 3.47. The van der Waals surface area contributed by atoms with Crippen LogP contribution in [0.15, 0.2) is 61.2 Å². The molecule has 2 aromatic heterocycles. The molecule has 3 aromatic rings. The first-order valence-corrected chi connectivity index (χ1v) is 11.8. The number of aryl methyl sites for hydroxylation is 1. The summed E-state index contributed by atoms with van der Waals surface area (Å²) in [6.07, 6.45) is 8.77. The number of carbonyl (C=O) groups is 1. The molecular weight excluding hydrogens is 433 g/mol. The Balaban J connectivity index is 1.38. The number of anilines is 1. The monoisotopic (exact) mass is 463 g/mol. The summed E-state index contributed by atoms with van der Waals surface area (Å²) in [6, 6.07) is 11.9. The lowest BCUT2D eigenvalue weighted by Crippen LogP contribution is -2.42. The van der Waals surface area contributed by atoms with Gasteiger partial charge in [0.05, 0.1) is 18.4 Å². The van der Waals surface area contributed by atoms with E-state index in [1.165, 1.54) is 0 Å². The number of fused-ring (bicyclic) bond motifs is 1. The lowest BCUT2D eigenvalue weighted by Gasteiger charge is -2.40. The molecule has 9 heteroatoms. The second-order valence-electron chi connectivity index (χ2n) is 9.12. The SMILES string of the molecule is CC1(c2ccccc2)C=C(N2CCCC(F)C2)n2nc(C(=O)NCCCn3ccnc3)cc2N1. The molecule has 2 unspecified atom stereocenters. The Hall–Kier alpha value is -3.62. The van der Waals surface area contributed by atoms with Crippen molar-refractivity contribution in [3.05, 3.63) is 72.5 Å². The Labute approximate surface area is 198 Å². The van der Waals surface area contributed by atoms with E-state index in [9.17, 15) is 9.18 Å². The largest absolute Gasteiger partial charge is 0.357 e. The van der Waals surface area contributed by atoms with Crippen molar-refractivity contribution in [2.75, 3.05) is 25.0 Å². The summed E-state index contributed by atoms with van der Waals surface area (Å²) >= 11 is 0. The number of halogens is 1. The average molecular weight is 464 g/mol. The van der Waals surface area contributed by atoms with Crippen molar-refractivity contribution in [2.45, 2.75) is 44.4 Å². The summed E-state index contributed by atoms with van der Waals surface area (Å²) < 4.78 is 18.0. The molecule has 0 saturated carbocycles. The van der Waals surface area contributed by atoms with Crippen LogP contribution in [-0.2, 0) is 12.1 Å². The topological polar surface area (TPSA) is 80.0 Å². The predicted molar refractivity (Wildman–Crippen MR) is 129 cm³/mol. The number of carbonyl (C=O) groups excluding carboxylic acids is 1. The Bertz CT molecular complexity index is 1160. The number of benzene rings is 1. The van der Waals surface area contributed by atoms with Gasteiger partial charge in [-0.2, -0.15) is 5.10 Å². The van der Waals surface area contributed by atoms with Crippen molar-refractivity contribution in [3.8, 4) is 0 Å². The molecule has 0 aliphatic carbocycles. The van der Waals surface area contributed by atoms with Gasteiger partial charge < -0.3 is 20.1 Å². The Kier molecular flexibility index (Phi) is 6.08. The Morgan fingerprint density at radius 3 is 2.94 bits per heavy atom. The van der Waals surface area contributed by atoms with Gasteiger partial charge in [-0.3, -0.25) is 4.79 Å². The van der Waals surface area contributed by atoms with Crippen LogP contribution in [0.2, 0.25) is 0 Å². The van der Waals surface area contributed by atoms with Crippen molar-refractivity contribution in [2.24, 2.45) is 0 Å². The number of likely N-dealkylation sites (tertiary alicyclic amines) is 1. The maximum absolute atomic E-state index is 14.3. The fourth-order valence-electron chi connectivity index (χ4n) is 4.65. The number of nitrogens with zero attached hydrogens (tertiary/aromatic N) is 5. The smallest absolute Gasteiger partial charge is 0.271 e. The molecule has 2 aliphatic heterocycles. The maximum atomic E-state index is 14.3. The van der Waals surface area contributed by atoms with Crippen molar-refractivity contribution < 1.29 is 9.18 Å². The highest BCUT2D eigenvalue weighted by atomic mass is 19.1. The zero-order chi connectivity index (χ0) is 23.5. The number of alkyl halides is 1. The number of amides is 1. The van der Waals surface area contributed by atoms with Crippen LogP contribution < -0.4 is 10.6 Å². The quantitative estimate of drug-likeness (QED) is 0.525. The minimum atomic E-state index is -0.871. The van der Waals surface area contributed by atoms with Crippen molar-refractivity contribution in [3.63, 3.8) is 0 Å². The van der Waals surface area contributed by atoms with E-state index in [2.05, 4.69) is 45.8 Å². The van der Waals surface area contributed by atoms with Crippen LogP contribution in [0.25, 0.3) is 5.82 Å². The molecular formula is C25H30FN7O. The minimum Gasteiger partial charge on any atom is -0.357 e. The highest BCUT2D eigenvalue weighted by Gasteiger charge is 2.35. The van der Waals surface area contributed by atoms with Crippen LogP contribution in [0.1, 0.15) is 42.2 Å². The van der Waals surface area contributed by atoms with Gasteiger partial charge in [-0.1, -0.05) is 30.3 Å². The van der Waals surface area contributed by atoms with Gasteiger partial charge in [0, 0.05) is 38.1 Å². The third-order valence-corrected chi connectivity index (χ3v) is 6.46. The van der Waals surface area contributed by atoms with Gasteiger partial charge in [-0.25, -0.2) is 14.1 Å². The van der Waals surface area contributed by atoms with Gasteiger partial charge in [-0.05, 0) is 37.8 Å². The minimum absolute atomic E-state index is 0.225. The first-order valence-electron chi connectivity index (χ1n) is 11.8. The first kappa shape index (κ1) is 22.2.